The molecule has 1 N–H and O–H groups in total. The van der Waals surface area contributed by atoms with Crippen molar-refractivity contribution in [2.24, 2.45) is 5.10 Å². The molecule has 0 unspecified atom stereocenters. The molecule has 120 valence electrons. The Morgan fingerprint density at radius 2 is 2.00 bits per heavy atom. The molecule has 0 saturated carbocycles. The summed E-state index contributed by atoms with van der Waals surface area (Å²) in [5.41, 5.74) is 3.84. The summed E-state index contributed by atoms with van der Waals surface area (Å²) < 4.78 is 7.59. The monoisotopic (exact) mass is 554 g/mol. The number of hydrogen-bond donors (Lipinski definition) is 1. The van der Waals surface area contributed by atoms with Crippen LogP contribution in [-0.2, 0) is 0 Å². The maximum atomic E-state index is 12.0. The molecule has 4 nitrogen and oxygen atoms in total. The number of carbonyl (C=O) groups is 1. The predicted molar refractivity (Wildman–Crippen MR) is 110 cm³/mol. The van der Waals surface area contributed by atoms with Crippen LogP contribution in [0.5, 0.6) is 5.75 Å². The fourth-order valence-corrected chi connectivity index (χ4v) is 4.11. The summed E-state index contributed by atoms with van der Waals surface area (Å²) in [7, 11) is 0. The average molecular weight is 555 g/mol. The molecule has 1 amide bonds. The molecule has 2 rings (SSSR count). The summed E-state index contributed by atoms with van der Waals surface area (Å²) in [6.07, 6.45) is 1.60. The highest BCUT2D eigenvalue weighted by molar-refractivity contribution is 14.1. The number of hydrogen-bond acceptors (Lipinski definition) is 3. The molecular formula is C16H13ClI2N2O2. The minimum Gasteiger partial charge on any atom is -0.492 e. The Morgan fingerprint density at radius 1 is 1.30 bits per heavy atom. The molecule has 0 aliphatic carbocycles. The molecular weight excluding hydrogens is 541 g/mol. The van der Waals surface area contributed by atoms with Gasteiger partial charge >= 0.3 is 0 Å². The fourth-order valence-electron chi connectivity index (χ4n) is 1.80. The van der Waals surface area contributed by atoms with E-state index in [4.69, 9.17) is 16.3 Å². The van der Waals surface area contributed by atoms with Crippen molar-refractivity contribution >= 4 is 68.9 Å². The highest BCUT2D eigenvalue weighted by Crippen LogP contribution is 2.28. The molecule has 7 heteroatoms. The number of benzene rings is 2. The number of amides is 1. The molecule has 0 atom stereocenters. The standard InChI is InChI=1S/C16H13ClI2N2O2/c1-2-23-15-13(18)6-10(7-14(15)19)9-20-21-16(22)11-4-3-5-12(17)8-11/h3-9H,2H2,1H3,(H,21,22)/b20-9-. The lowest BCUT2D eigenvalue weighted by atomic mass is 10.2. The molecule has 0 aliphatic heterocycles. The first-order chi connectivity index (χ1) is 11.0. The quantitative estimate of drug-likeness (QED) is 0.331. The van der Waals surface area contributed by atoms with Gasteiger partial charge in [0.15, 0.2) is 0 Å². The number of hydrazone groups is 1. The maximum Gasteiger partial charge on any atom is 0.271 e. The highest BCUT2D eigenvalue weighted by Gasteiger charge is 2.08. The van der Waals surface area contributed by atoms with Crippen LogP contribution < -0.4 is 10.2 Å². The van der Waals surface area contributed by atoms with E-state index in [2.05, 4.69) is 55.7 Å². The Kier molecular flexibility index (Phi) is 7.09. The van der Waals surface area contributed by atoms with Gasteiger partial charge in [-0.25, -0.2) is 5.43 Å². The van der Waals surface area contributed by atoms with Crippen LogP contribution >= 0.6 is 56.8 Å². The third-order valence-corrected chi connectivity index (χ3v) is 4.61. The number of carbonyl (C=O) groups excluding carboxylic acids is 1. The molecule has 0 aliphatic rings. The van der Waals surface area contributed by atoms with Gasteiger partial charge in [-0.2, -0.15) is 5.10 Å². The second-order valence-electron chi connectivity index (χ2n) is 4.46. The van der Waals surface area contributed by atoms with Crippen LogP contribution in [0, 0.1) is 7.14 Å². The number of halogens is 3. The van der Waals surface area contributed by atoms with E-state index in [1.807, 2.05) is 19.1 Å². The largest absolute Gasteiger partial charge is 0.492 e. The van der Waals surface area contributed by atoms with Crippen LogP contribution in [-0.4, -0.2) is 18.7 Å². The van der Waals surface area contributed by atoms with Crippen LogP contribution in [0.4, 0.5) is 0 Å². The van der Waals surface area contributed by atoms with Crippen molar-refractivity contribution in [2.75, 3.05) is 6.61 Å². The molecule has 2 aromatic carbocycles. The van der Waals surface area contributed by atoms with Crippen LogP contribution in [0.3, 0.4) is 0 Å². The summed E-state index contributed by atoms with van der Waals surface area (Å²) >= 11 is 10.3. The van der Waals surface area contributed by atoms with E-state index in [0.717, 1.165) is 18.5 Å². The van der Waals surface area contributed by atoms with E-state index in [0.29, 0.717) is 17.2 Å². The van der Waals surface area contributed by atoms with Crippen LogP contribution in [0.1, 0.15) is 22.8 Å². The van der Waals surface area contributed by atoms with Crippen molar-refractivity contribution in [1.29, 1.82) is 0 Å². The second-order valence-corrected chi connectivity index (χ2v) is 7.22. The zero-order valence-electron chi connectivity index (χ0n) is 12.1. The zero-order chi connectivity index (χ0) is 16.8. The highest BCUT2D eigenvalue weighted by atomic mass is 127. The van der Waals surface area contributed by atoms with Crippen molar-refractivity contribution in [3.63, 3.8) is 0 Å². The van der Waals surface area contributed by atoms with E-state index in [1.165, 1.54) is 0 Å². The Morgan fingerprint density at radius 3 is 2.61 bits per heavy atom. The summed E-state index contributed by atoms with van der Waals surface area (Å²) in [5.74, 6) is 0.563. The third kappa shape index (κ3) is 5.32. The fraction of sp³-hybridized carbons (Fsp3) is 0.125. The molecule has 0 bridgehead atoms. The van der Waals surface area contributed by atoms with Crippen molar-refractivity contribution < 1.29 is 9.53 Å². The smallest absolute Gasteiger partial charge is 0.271 e. The van der Waals surface area contributed by atoms with Gasteiger partial charge in [-0.15, -0.1) is 0 Å². The molecule has 23 heavy (non-hydrogen) atoms. The first-order valence-electron chi connectivity index (χ1n) is 6.72. The van der Waals surface area contributed by atoms with E-state index in [1.54, 1.807) is 30.5 Å². The minimum atomic E-state index is -0.306. The van der Waals surface area contributed by atoms with Crippen LogP contribution in [0.2, 0.25) is 5.02 Å². The lowest BCUT2D eigenvalue weighted by Gasteiger charge is -2.09. The van der Waals surface area contributed by atoms with Gasteiger partial charge in [-0.05, 0) is 88.0 Å². The molecule has 0 heterocycles. The Balaban J connectivity index is 2.07. The van der Waals surface area contributed by atoms with E-state index >= 15 is 0 Å². The van der Waals surface area contributed by atoms with Gasteiger partial charge in [-0.1, -0.05) is 17.7 Å². The van der Waals surface area contributed by atoms with Gasteiger partial charge in [0.25, 0.3) is 5.91 Å². The molecule has 0 saturated heterocycles. The average Bonchev–Trinajstić information content (AvgIpc) is 2.51. The van der Waals surface area contributed by atoms with Crippen molar-refractivity contribution in [3.8, 4) is 5.75 Å². The molecule has 0 fully saturated rings. The third-order valence-electron chi connectivity index (χ3n) is 2.78. The number of nitrogens with one attached hydrogen (secondary N) is 1. The van der Waals surface area contributed by atoms with Crippen molar-refractivity contribution in [2.45, 2.75) is 6.92 Å². The van der Waals surface area contributed by atoms with Gasteiger partial charge < -0.3 is 4.74 Å². The topological polar surface area (TPSA) is 50.7 Å². The molecule has 0 aromatic heterocycles. The molecule has 0 spiro atoms. The van der Waals surface area contributed by atoms with Crippen molar-refractivity contribution in [3.05, 3.63) is 59.7 Å². The summed E-state index contributed by atoms with van der Waals surface area (Å²) in [4.78, 5) is 12.0. The summed E-state index contributed by atoms with van der Waals surface area (Å²) in [5, 5.41) is 4.50. The van der Waals surface area contributed by atoms with Gasteiger partial charge in [0.1, 0.15) is 5.75 Å². The van der Waals surface area contributed by atoms with Crippen molar-refractivity contribution in [1.82, 2.24) is 5.43 Å². The zero-order valence-corrected chi connectivity index (χ0v) is 17.2. The lowest BCUT2D eigenvalue weighted by Crippen LogP contribution is -2.17. The van der Waals surface area contributed by atoms with E-state index in [9.17, 15) is 4.79 Å². The molecule has 2 aromatic rings. The normalized spacial score (nSPS) is 10.8. The van der Waals surface area contributed by atoms with Crippen LogP contribution in [0.25, 0.3) is 0 Å². The number of nitrogens with zero attached hydrogens (tertiary/aromatic N) is 1. The predicted octanol–water partition coefficient (Wildman–Crippen LogP) is 4.71. The Hall–Kier alpha value is -0.870. The van der Waals surface area contributed by atoms with Gasteiger partial charge in [0, 0.05) is 10.6 Å². The molecule has 0 radical (unpaired) electrons. The lowest BCUT2D eigenvalue weighted by molar-refractivity contribution is 0.0955. The Bertz CT molecular complexity index is 728. The minimum absolute atomic E-state index is 0.306. The van der Waals surface area contributed by atoms with Gasteiger partial charge in [0.2, 0.25) is 0 Å². The Labute approximate surface area is 166 Å². The SMILES string of the molecule is CCOc1c(I)cc(/C=N\NC(=O)c2cccc(Cl)c2)cc1I. The maximum absolute atomic E-state index is 12.0. The number of rotatable bonds is 5. The van der Waals surface area contributed by atoms with E-state index < -0.39 is 0 Å². The second kappa shape index (κ2) is 8.84. The van der Waals surface area contributed by atoms with Crippen LogP contribution in [0.15, 0.2) is 41.5 Å². The summed E-state index contributed by atoms with van der Waals surface area (Å²) in [6, 6.07) is 10.6. The number of ether oxygens (including phenoxy) is 1. The first kappa shape index (κ1) is 18.5. The van der Waals surface area contributed by atoms with Gasteiger partial charge in [0.05, 0.1) is 20.0 Å². The first-order valence-corrected chi connectivity index (χ1v) is 9.25. The van der Waals surface area contributed by atoms with Gasteiger partial charge in [-0.3, -0.25) is 4.79 Å². The van der Waals surface area contributed by atoms with E-state index in [-0.39, 0.29) is 5.91 Å². The summed E-state index contributed by atoms with van der Waals surface area (Å²) in [6.45, 7) is 2.57.